The minimum Gasteiger partial charge on any atom is -0.481 e. The van der Waals surface area contributed by atoms with E-state index in [9.17, 15) is 9.59 Å². The van der Waals surface area contributed by atoms with Crippen molar-refractivity contribution >= 4 is 17.6 Å². The maximum atomic E-state index is 12.5. The first kappa shape index (κ1) is 20.6. The van der Waals surface area contributed by atoms with Crippen molar-refractivity contribution in [2.45, 2.75) is 20.0 Å². The number of amides is 1. The molecule has 2 aromatic carbocycles. The number of rotatable bonds is 7. The predicted molar refractivity (Wildman–Crippen MR) is 109 cm³/mol. The molecule has 3 rings (SSSR count). The molecule has 0 bridgehead atoms. The van der Waals surface area contributed by atoms with Gasteiger partial charge in [-0.05, 0) is 62.4 Å². The van der Waals surface area contributed by atoms with Gasteiger partial charge in [-0.3, -0.25) is 4.79 Å². The molecule has 0 aliphatic heterocycles. The average molecular weight is 404 g/mol. The molecule has 0 spiro atoms. The normalized spacial score (nSPS) is 11.2. The van der Waals surface area contributed by atoms with Crippen LogP contribution in [0.15, 0.2) is 60.8 Å². The Morgan fingerprint density at radius 3 is 2.67 bits per heavy atom. The standard InChI is InChI=1S/C22H20N4O4/c1-3-29-22(28)20-11-12-26(25-20)18-6-4-5-17(13-18)24-21(27)15(2)30-19-9-7-16(14-23)8-10-19/h4-13,15H,3H2,1-2H3,(H,24,27). The number of carbonyl (C=O) groups excluding carboxylic acids is 2. The van der Waals surface area contributed by atoms with Crippen molar-refractivity contribution in [3.05, 3.63) is 72.1 Å². The highest BCUT2D eigenvalue weighted by Gasteiger charge is 2.16. The fourth-order valence-corrected chi connectivity index (χ4v) is 2.62. The number of nitrogens with one attached hydrogen (secondary N) is 1. The number of aromatic nitrogens is 2. The van der Waals surface area contributed by atoms with Gasteiger partial charge in [-0.1, -0.05) is 6.07 Å². The van der Waals surface area contributed by atoms with Gasteiger partial charge in [0.25, 0.3) is 5.91 Å². The summed E-state index contributed by atoms with van der Waals surface area (Å²) in [5.41, 5.74) is 1.95. The third-order valence-corrected chi connectivity index (χ3v) is 4.12. The Balaban J connectivity index is 1.66. The van der Waals surface area contributed by atoms with Crippen LogP contribution < -0.4 is 10.1 Å². The third kappa shape index (κ3) is 5.02. The number of nitriles is 1. The number of hydrogen-bond acceptors (Lipinski definition) is 6. The molecule has 0 aliphatic rings. The molecule has 1 aromatic heterocycles. The van der Waals surface area contributed by atoms with E-state index in [1.54, 1.807) is 74.6 Å². The minimum absolute atomic E-state index is 0.204. The summed E-state index contributed by atoms with van der Waals surface area (Å²) >= 11 is 0. The zero-order valence-electron chi connectivity index (χ0n) is 16.5. The lowest BCUT2D eigenvalue weighted by Gasteiger charge is -2.15. The smallest absolute Gasteiger partial charge is 0.358 e. The number of hydrogen-bond donors (Lipinski definition) is 1. The van der Waals surface area contributed by atoms with E-state index in [1.165, 1.54) is 4.68 Å². The molecule has 8 heteroatoms. The van der Waals surface area contributed by atoms with Crippen molar-refractivity contribution in [3.63, 3.8) is 0 Å². The van der Waals surface area contributed by atoms with Gasteiger partial charge in [0.1, 0.15) is 5.75 Å². The Labute approximate surface area is 173 Å². The second-order valence-electron chi connectivity index (χ2n) is 6.30. The first-order valence-electron chi connectivity index (χ1n) is 9.31. The van der Waals surface area contributed by atoms with Gasteiger partial charge in [-0.2, -0.15) is 10.4 Å². The Hall–Kier alpha value is -4.12. The van der Waals surface area contributed by atoms with E-state index in [-0.39, 0.29) is 18.2 Å². The molecule has 30 heavy (non-hydrogen) atoms. The van der Waals surface area contributed by atoms with Crippen LogP contribution in [0, 0.1) is 11.3 Å². The lowest BCUT2D eigenvalue weighted by molar-refractivity contribution is -0.122. The average Bonchev–Trinajstić information content (AvgIpc) is 3.25. The number of carbonyl (C=O) groups is 2. The van der Waals surface area contributed by atoms with Crippen LogP contribution in [0.4, 0.5) is 5.69 Å². The van der Waals surface area contributed by atoms with Crippen LogP contribution >= 0.6 is 0 Å². The van der Waals surface area contributed by atoms with Gasteiger partial charge < -0.3 is 14.8 Å². The number of nitrogens with zero attached hydrogens (tertiary/aromatic N) is 3. The van der Waals surface area contributed by atoms with Crippen LogP contribution in [0.2, 0.25) is 0 Å². The quantitative estimate of drug-likeness (QED) is 0.606. The SMILES string of the molecule is CCOC(=O)c1ccn(-c2cccc(NC(=O)C(C)Oc3ccc(C#N)cc3)c2)n1. The molecule has 1 N–H and O–H groups in total. The van der Waals surface area contributed by atoms with Crippen molar-refractivity contribution in [1.29, 1.82) is 5.26 Å². The lowest BCUT2D eigenvalue weighted by Crippen LogP contribution is -2.30. The van der Waals surface area contributed by atoms with Crippen LogP contribution in [-0.2, 0) is 9.53 Å². The van der Waals surface area contributed by atoms with Crippen molar-refractivity contribution in [3.8, 4) is 17.5 Å². The zero-order chi connectivity index (χ0) is 21.5. The van der Waals surface area contributed by atoms with Gasteiger partial charge in [0.15, 0.2) is 11.8 Å². The van der Waals surface area contributed by atoms with Crippen LogP contribution in [0.25, 0.3) is 5.69 Å². The second-order valence-corrected chi connectivity index (χ2v) is 6.30. The van der Waals surface area contributed by atoms with Crippen molar-refractivity contribution in [2.75, 3.05) is 11.9 Å². The fraction of sp³-hybridized carbons (Fsp3) is 0.182. The Bertz CT molecular complexity index is 1080. The van der Waals surface area contributed by atoms with E-state index in [2.05, 4.69) is 10.4 Å². The molecule has 8 nitrogen and oxygen atoms in total. The first-order chi connectivity index (χ1) is 14.5. The lowest BCUT2D eigenvalue weighted by atomic mass is 10.2. The highest BCUT2D eigenvalue weighted by atomic mass is 16.5. The molecule has 1 unspecified atom stereocenters. The zero-order valence-corrected chi connectivity index (χ0v) is 16.5. The maximum absolute atomic E-state index is 12.5. The summed E-state index contributed by atoms with van der Waals surface area (Å²) in [5.74, 6) is -0.327. The topological polar surface area (TPSA) is 106 Å². The minimum atomic E-state index is -0.748. The molecule has 0 aliphatic carbocycles. The molecular weight excluding hydrogens is 384 g/mol. The monoisotopic (exact) mass is 404 g/mol. The molecule has 1 amide bonds. The van der Waals surface area contributed by atoms with Gasteiger partial charge in [-0.25, -0.2) is 9.48 Å². The molecule has 1 heterocycles. The number of anilines is 1. The van der Waals surface area contributed by atoms with Gasteiger partial charge >= 0.3 is 5.97 Å². The molecule has 0 saturated carbocycles. The molecule has 152 valence electrons. The molecule has 3 aromatic rings. The van der Waals surface area contributed by atoms with Gasteiger partial charge in [-0.15, -0.1) is 0 Å². The van der Waals surface area contributed by atoms with Crippen LogP contribution in [0.3, 0.4) is 0 Å². The van der Waals surface area contributed by atoms with Crippen molar-refractivity contribution < 1.29 is 19.1 Å². The van der Waals surface area contributed by atoms with E-state index in [1.807, 2.05) is 6.07 Å². The summed E-state index contributed by atoms with van der Waals surface area (Å²) in [6.07, 6.45) is 0.894. The van der Waals surface area contributed by atoms with Crippen molar-refractivity contribution in [1.82, 2.24) is 9.78 Å². The number of benzene rings is 2. The van der Waals surface area contributed by atoms with E-state index >= 15 is 0 Å². The molecular formula is C22H20N4O4. The van der Waals surface area contributed by atoms with Gasteiger partial charge in [0.2, 0.25) is 0 Å². The van der Waals surface area contributed by atoms with E-state index < -0.39 is 12.1 Å². The Morgan fingerprint density at radius 1 is 1.20 bits per heavy atom. The first-order valence-corrected chi connectivity index (χ1v) is 9.31. The molecule has 0 radical (unpaired) electrons. The summed E-state index contributed by atoms with van der Waals surface area (Å²) in [7, 11) is 0. The van der Waals surface area contributed by atoms with Gasteiger partial charge in [0.05, 0.1) is 23.9 Å². The largest absolute Gasteiger partial charge is 0.481 e. The van der Waals surface area contributed by atoms with E-state index in [0.717, 1.165) is 0 Å². The second kappa shape index (κ2) is 9.39. The summed E-state index contributed by atoms with van der Waals surface area (Å²) in [6, 6.07) is 17.2. The van der Waals surface area contributed by atoms with E-state index in [0.29, 0.717) is 22.7 Å². The highest BCUT2D eigenvalue weighted by Crippen LogP contribution is 2.17. The van der Waals surface area contributed by atoms with Crippen LogP contribution in [-0.4, -0.2) is 34.4 Å². The summed E-state index contributed by atoms with van der Waals surface area (Å²) in [4.78, 5) is 24.3. The fourth-order valence-electron chi connectivity index (χ4n) is 2.62. The van der Waals surface area contributed by atoms with Crippen molar-refractivity contribution in [2.24, 2.45) is 0 Å². The maximum Gasteiger partial charge on any atom is 0.358 e. The van der Waals surface area contributed by atoms with Crippen LogP contribution in [0.5, 0.6) is 5.75 Å². The molecule has 0 fully saturated rings. The molecule has 0 saturated heterocycles. The van der Waals surface area contributed by atoms with E-state index in [4.69, 9.17) is 14.7 Å². The number of esters is 1. The Morgan fingerprint density at radius 2 is 1.97 bits per heavy atom. The summed E-state index contributed by atoms with van der Waals surface area (Å²) in [6.45, 7) is 3.64. The Kier molecular flexibility index (Phi) is 6.45. The third-order valence-electron chi connectivity index (χ3n) is 4.12. The summed E-state index contributed by atoms with van der Waals surface area (Å²) < 4.78 is 12.1. The summed E-state index contributed by atoms with van der Waals surface area (Å²) in [5, 5.41) is 15.8. The molecule has 1 atom stereocenters. The van der Waals surface area contributed by atoms with Crippen LogP contribution in [0.1, 0.15) is 29.9 Å². The number of ether oxygens (including phenoxy) is 2. The highest BCUT2D eigenvalue weighted by molar-refractivity contribution is 5.94. The van der Waals surface area contributed by atoms with Gasteiger partial charge in [0, 0.05) is 11.9 Å². The predicted octanol–water partition coefficient (Wildman–Crippen LogP) is 3.33.